The van der Waals surface area contributed by atoms with E-state index in [0.717, 1.165) is 15.4 Å². The third kappa shape index (κ3) is 4.62. The van der Waals surface area contributed by atoms with E-state index in [1.54, 1.807) is 19.1 Å². The van der Waals surface area contributed by atoms with E-state index in [9.17, 15) is 44.5 Å². The van der Waals surface area contributed by atoms with Gasteiger partial charge in [0.1, 0.15) is 0 Å². The number of allylic oxidation sites excluding steroid dienone is 2. The van der Waals surface area contributed by atoms with Crippen LogP contribution < -0.4 is 14.5 Å². The van der Waals surface area contributed by atoms with Crippen LogP contribution >= 0.6 is 0 Å². The summed E-state index contributed by atoms with van der Waals surface area (Å²) >= 11 is 0. The van der Waals surface area contributed by atoms with E-state index in [0.29, 0.717) is 5.56 Å². The number of ether oxygens (including phenoxy) is 1. The van der Waals surface area contributed by atoms with Gasteiger partial charge in [0.05, 0.1) is 51.5 Å². The fourth-order valence-electron chi connectivity index (χ4n) is 7.91. The lowest BCUT2D eigenvalue weighted by atomic mass is 9.57. The Hall–Kier alpha value is -5.92. The summed E-state index contributed by atoms with van der Waals surface area (Å²) in [6.07, 6.45) is 2.17. The van der Waals surface area contributed by atoms with Gasteiger partial charge in [0.15, 0.2) is 11.5 Å². The molecular formula is C34H28N4O10. The first-order chi connectivity index (χ1) is 23.0. The molecule has 0 aromatic heterocycles. The number of carbonyl (C=O) groups is 4. The van der Waals surface area contributed by atoms with E-state index in [1.165, 1.54) is 54.6 Å². The van der Waals surface area contributed by atoms with Crippen molar-refractivity contribution in [2.45, 2.75) is 25.7 Å². The van der Waals surface area contributed by atoms with Crippen LogP contribution in [0.15, 0.2) is 78.4 Å². The molecule has 2 saturated heterocycles. The summed E-state index contributed by atoms with van der Waals surface area (Å²) in [6, 6.07) is 15.0. The zero-order valence-electron chi connectivity index (χ0n) is 25.4. The Morgan fingerprint density at radius 3 is 1.83 bits per heavy atom. The molecule has 3 fully saturated rings. The van der Waals surface area contributed by atoms with Crippen molar-refractivity contribution in [2.24, 2.45) is 29.6 Å². The zero-order chi connectivity index (χ0) is 34.0. The summed E-state index contributed by atoms with van der Waals surface area (Å²) in [7, 11) is 0. The maximum atomic E-state index is 14.2. The molecule has 3 aromatic rings. The van der Waals surface area contributed by atoms with Gasteiger partial charge in [0.2, 0.25) is 23.6 Å². The normalized spacial score (nSPS) is 26.1. The maximum Gasteiger partial charge on any atom is 0.269 e. The first kappa shape index (κ1) is 30.7. The Labute approximate surface area is 272 Å². The molecule has 0 spiro atoms. The minimum atomic E-state index is -0.899. The summed E-state index contributed by atoms with van der Waals surface area (Å²) in [4.78, 5) is 79.6. The second kappa shape index (κ2) is 11.4. The van der Waals surface area contributed by atoms with E-state index < -0.39 is 69.0 Å². The van der Waals surface area contributed by atoms with Crippen molar-refractivity contribution < 1.29 is 38.9 Å². The van der Waals surface area contributed by atoms with Crippen LogP contribution in [0.3, 0.4) is 0 Å². The number of benzene rings is 3. The van der Waals surface area contributed by atoms with Crippen molar-refractivity contribution in [3.05, 3.63) is 104 Å². The number of phenolic OH excluding ortho intramolecular Hbond substituents is 1. The second-order valence-corrected chi connectivity index (χ2v) is 12.3. The van der Waals surface area contributed by atoms with Gasteiger partial charge in [-0.3, -0.25) is 49.2 Å². The van der Waals surface area contributed by atoms with Crippen LogP contribution in [0.5, 0.6) is 11.5 Å². The van der Waals surface area contributed by atoms with E-state index in [-0.39, 0.29) is 53.7 Å². The Morgan fingerprint density at radius 1 is 0.750 bits per heavy atom. The summed E-state index contributed by atoms with van der Waals surface area (Å²) in [5.74, 6) is -6.58. The number of nitro benzene ring substituents is 2. The standard InChI is InChI=1S/C34H28N4O10/c1-2-48-27-15-17(3-14-26(27)39)28-22-12-13-23-29(33(42)35(31(23)40)18-4-8-20(9-5-18)37(44)45)24(22)16-25-30(28)34(43)36(32(25)41)19-6-10-21(11-7-19)38(46)47/h3-12,14-15,23-25,28-30,39H,2,13,16H2,1H3/t23-,24+,25+,28-,29-,30+/m0/s1. The molecule has 4 amide bonds. The molecule has 2 aliphatic carbocycles. The van der Waals surface area contributed by atoms with Crippen LogP contribution in [-0.2, 0) is 19.2 Å². The fourth-order valence-corrected chi connectivity index (χ4v) is 7.91. The number of imide groups is 2. The molecule has 14 nitrogen and oxygen atoms in total. The highest BCUT2D eigenvalue weighted by atomic mass is 16.6. The molecule has 48 heavy (non-hydrogen) atoms. The van der Waals surface area contributed by atoms with Gasteiger partial charge in [-0.1, -0.05) is 17.7 Å². The van der Waals surface area contributed by atoms with E-state index in [1.807, 2.05) is 6.08 Å². The number of amides is 4. The number of nitro groups is 2. The number of carbonyl (C=O) groups excluding carboxylic acids is 4. The Kier molecular flexibility index (Phi) is 7.30. The highest BCUT2D eigenvalue weighted by Crippen LogP contribution is 2.59. The molecule has 4 aliphatic rings. The number of fused-ring (bicyclic) bond motifs is 4. The number of rotatable bonds is 7. The molecule has 0 radical (unpaired) electrons. The van der Waals surface area contributed by atoms with Crippen LogP contribution in [0.2, 0.25) is 0 Å². The van der Waals surface area contributed by atoms with Gasteiger partial charge in [0, 0.05) is 30.2 Å². The number of phenols is 1. The van der Waals surface area contributed by atoms with E-state index in [4.69, 9.17) is 4.74 Å². The molecule has 0 bridgehead atoms. The lowest BCUT2D eigenvalue weighted by Crippen LogP contribution is -2.43. The van der Waals surface area contributed by atoms with Gasteiger partial charge < -0.3 is 9.84 Å². The highest BCUT2D eigenvalue weighted by Gasteiger charge is 2.62. The Bertz CT molecular complexity index is 1940. The molecule has 6 atom stereocenters. The van der Waals surface area contributed by atoms with Gasteiger partial charge in [-0.2, -0.15) is 0 Å². The average Bonchev–Trinajstić information content (AvgIpc) is 3.48. The summed E-state index contributed by atoms with van der Waals surface area (Å²) in [5, 5.41) is 32.9. The van der Waals surface area contributed by atoms with Crippen LogP contribution in [-0.4, -0.2) is 45.2 Å². The monoisotopic (exact) mass is 652 g/mol. The first-order valence-electron chi connectivity index (χ1n) is 15.4. The smallest absolute Gasteiger partial charge is 0.269 e. The third-order valence-corrected chi connectivity index (χ3v) is 9.93. The summed E-state index contributed by atoms with van der Waals surface area (Å²) in [5.41, 5.74) is 1.29. The zero-order valence-corrected chi connectivity index (χ0v) is 25.4. The number of non-ortho nitro benzene ring substituents is 2. The van der Waals surface area contributed by atoms with Crippen LogP contribution in [0.4, 0.5) is 22.7 Å². The molecule has 244 valence electrons. The van der Waals surface area contributed by atoms with Crippen LogP contribution in [0.25, 0.3) is 0 Å². The van der Waals surface area contributed by atoms with Crippen molar-refractivity contribution in [1.82, 2.24) is 0 Å². The first-order valence-corrected chi connectivity index (χ1v) is 15.4. The molecule has 3 aromatic carbocycles. The van der Waals surface area contributed by atoms with Gasteiger partial charge >= 0.3 is 0 Å². The van der Waals surface area contributed by atoms with Gasteiger partial charge in [0.25, 0.3) is 11.4 Å². The lowest BCUT2D eigenvalue weighted by Gasteiger charge is -2.44. The maximum absolute atomic E-state index is 14.2. The van der Waals surface area contributed by atoms with Crippen molar-refractivity contribution in [3.63, 3.8) is 0 Å². The summed E-state index contributed by atoms with van der Waals surface area (Å²) in [6.45, 7) is 2.01. The third-order valence-electron chi connectivity index (χ3n) is 9.93. The molecule has 14 heteroatoms. The number of aromatic hydroxyl groups is 1. The fraction of sp³-hybridized carbons (Fsp3) is 0.294. The van der Waals surface area contributed by atoms with Gasteiger partial charge in [-0.25, -0.2) is 0 Å². The molecule has 7 rings (SSSR count). The van der Waals surface area contributed by atoms with Gasteiger partial charge in [-0.15, -0.1) is 0 Å². The van der Waals surface area contributed by atoms with E-state index in [2.05, 4.69) is 0 Å². The number of nitrogens with zero attached hydrogens (tertiary/aromatic N) is 4. The minimum Gasteiger partial charge on any atom is -0.504 e. The number of hydrogen-bond donors (Lipinski definition) is 1. The predicted octanol–water partition coefficient (Wildman–Crippen LogP) is 4.65. The molecule has 1 saturated carbocycles. The molecule has 0 unspecified atom stereocenters. The van der Waals surface area contributed by atoms with Crippen LogP contribution in [0.1, 0.15) is 31.2 Å². The lowest BCUT2D eigenvalue weighted by molar-refractivity contribution is -0.385. The SMILES string of the molecule is CCOc1cc([C@H]2C3=CC[C@@H]4C(=O)N(c5ccc([N+](=O)[O-])cc5)C(=O)[C@@H]4[C@@H]3C[C@H]3C(=O)N(c4ccc([N+](=O)[O-])cc4)C(=O)[C@@H]23)ccc1O. The molecule has 2 aliphatic heterocycles. The van der Waals surface area contributed by atoms with Crippen molar-refractivity contribution in [2.75, 3.05) is 16.4 Å². The Balaban J connectivity index is 1.31. The van der Waals surface area contributed by atoms with Crippen molar-refractivity contribution >= 4 is 46.4 Å². The quantitative estimate of drug-likeness (QED) is 0.163. The predicted molar refractivity (Wildman–Crippen MR) is 168 cm³/mol. The highest BCUT2D eigenvalue weighted by molar-refractivity contribution is 6.24. The van der Waals surface area contributed by atoms with Crippen molar-refractivity contribution in [3.8, 4) is 11.5 Å². The number of anilines is 2. The van der Waals surface area contributed by atoms with Crippen LogP contribution in [0, 0.1) is 49.8 Å². The molecule has 1 N–H and O–H groups in total. The summed E-state index contributed by atoms with van der Waals surface area (Å²) < 4.78 is 5.64. The number of hydrogen-bond acceptors (Lipinski definition) is 10. The largest absolute Gasteiger partial charge is 0.504 e. The minimum absolute atomic E-state index is 0.103. The van der Waals surface area contributed by atoms with Gasteiger partial charge in [-0.05, 0) is 67.6 Å². The molecular weight excluding hydrogens is 624 g/mol. The Morgan fingerprint density at radius 2 is 1.29 bits per heavy atom. The average molecular weight is 653 g/mol. The van der Waals surface area contributed by atoms with Crippen molar-refractivity contribution in [1.29, 1.82) is 0 Å². The topological polar surface area (TPSA) is 190 Å². The molecule has 2 heterocycles. The van der Waals surface area contributed by atoms with E-state index >= 15 is 0 Å². The second-order valence-electron chi connectivity index (χ2n) is 12.3.